The molecule has 1 aliphatic rings. The third-order valence-electron chi connectivity index (χ3n) is 3.56. The second kappa shape index (κ2) is 6.03. The fourth-order valence-corrected chi connectivity index (χ4v) is 2.65. The summed E-state index contributed by atoms with van der Waals surface area (Å²) in [6, 6.07) is 0. The minimum Gasteiger partial charge on any atom is -0.444 e. The van der Waals surface area contributed by atoms with Crippen LogP contribution in [0.2, 0.25) is 0 Å². The van der Waals surface area contributed by atoms with Crippen molar-refractivity contribution in [3.05, 3.63) is 18.0 Å². The van der Waals surface area contributed by atoms with Crippen molar-refractivity contribution in [3.63, 3.8) is 0 Å². The average Bonchev–Trinajstić information content (AvgIpc) is 2.94. The zero-order valence-electron chi connectivity index (χ0n) is 13.1. The van der Waals surface area contributed by atoms with Crippen molar-refractivity contribution >= 4 is 6.09 Å². The molecule has 0 aliphatic carbocycles. The minimum absolute atomic E-state index is 0.145. The molecule has 7 heteroatoms. The van der Waals surface area contributed by atoms with Gasteiger partial charge < -0.3 is 14.5 Å². The Bertz CT molecular complexity index is 495. The Morgan fingerprint density at radius 3 is 2.71 bits per heavy atom. The van der Waals surface area contributed by atoms with E-state index >= 15 is 0 Å². The molecular weight excluding hydrogens is 272 g/mol. The molecule has 1 fully saturated rings. The lowest BCUT2D eigenvalue weighted by Gasteiger charge is -2.24. The number of likely N-dealkylation sites (tertiary alicyclic amines) is 1. The van der Waals surface area contributed by atoms with Crippen LogP contribution in [0.15, 0.2) is 12.4 Å². The predicted molar refractivity (Wildman–Crippen MR) is 77.4 cm³/mol. The van der Waals surface area contributed by atoms with Gasteiger partial charge in [0.1, 0.15) is 5.60 Å². The summed E-state index contributed by atoms with van der Waals surface area (Å²) >= 11 is 0. The first-order chi connectivity index (χ1) is 9.80. The fourth-order valence-electron chi connectivity index (χ4n) is 2.65. The largest absolute Gasteiger partial charge is 0.444 e. The molecule has 0 aromatic carbocycles. The third kappa shape index (κ3) is 3.95. The van der Waals surface area contributed by atoms with E-state index in [2.05, 4.69) is 5.10 Å². The van der Waals surface area contributed by atoms with E-state index in [9.17, 15) is 4.79 Å². The molecule has 118 valence electrons. The molecule has 1 aromatic heterocycles. The van der Waals surface area contributed by atoms with Gasteiger partial charge in [-0.25, -0.2) is 10.7 Å². The van der Waals surface area contributed by atoms with Crippen LogP contribution in [0.1, 0.15) is 32.3 Å². The monoisotopic (exact) mass is 296 g/mol. The predicted octanol–water partition coefficient (Wildman–Crippen LogP) is 1.26. The Morgan fingerprint density at radius 2 is 2.19 bits per heavy atom. The van der Waals surface area contributed by atoms with Crippen molar-refractivity contribution in [2.45, 2.75) is 32.3 Å². The molecular formula is C14H24N4O3. The Morgan fingerprint density at radius 1 is 1.48 bits per heavy atom. The standard InChI is InChI=1S/C14H24N4O3/c1-14(2,3)21-13(19)18-7-11(9-20-15)12(8-18)10-5-16-17(4)6-10/h5-6,11-12H,7-9,15H2,1-4H3. The molecule has 1 aromatic rings. The van der Waals surface area contributed by atoms with E-state index in [1.54, 1.807) is 9.58 Å². The topological polar surface area (TPSA) is 82.6 Å². The van der Waals surface area contributed by atoms with Crippen LogP contribution in [-0.2, 0) is 16.6 Å². The highest BCUT2D eigenvalue weighted by molar-refractivity contribution is 5.68. The molecule has 0 saturated carbocycles. The van der Waals surface area contributed by atoms with Crippen molar-refractivity contribution < 1.29 is 14.4 Å². The van der Waals surface area contributed by atoms with Crippen LogP contribution in [0.5, 0.6) is 0 Å². The second-order valence-electron chi connectivity index (χ2n) is 6.53. The lowest BCUT2D eigenvalue weighted by atomic mass is 9.92. The molecule has 1 aliphatic heterocycles. The van der Waals surface area contributed by atoms with Crippen molar-refractivity contribution in [1.82, 2.24) is 14.7 Å². The lowest BCUT2D eigenvalue weighted by Crippen LogP contribution is -2.35. The van der Waals surface area contributed by atoms with Gasteiger partial charge in [0, 0.05) is 38.2 Å². The van der Waals surface area contributed by atoms with Crippen LogP contribution in [0, 0.1) is 5.92 Å². The second-order valence-corrected chi connectivity index (χ2v) is 6.53. The Kier molecular flexibility index (Phi) is 4.53. The molecule has 2 atom stereocenters. The molecule has 2 unspecified atom stereocenters. The van der Waals surface area contributed by atoms with E-state index in [4.69, 9.17) is 15.5 Å². The van der Waals surface area contributed by atoms with E-state index in [1.165, 1.54) is 0 Å². The molecule has 2 N–H and O–H groups in total. The van der Waals surface area contributed by atoms with Crippen LogP contribution < -0.4 is 5.90 Å². The minimum atomic E-state index is -0.497. The Labute approximate surface area is 124 Å². The summed E-state index contributed by atoms with van der Waals surface area (Å²) in [6.07, 6.45) is 3.50. The Balaban J connectivity index is 2.09. The number of aryl methyl sites for hydroxylation is 1. The van der Waals surface area contributed by atoms with Gasteiger partial charge in [-0.3, -0.25) is 4.68 Å². The van der Waals surface area contributed by atoms with Gasteiger partial charge in [0.05, 0.1) is 12.8 Å². The zero-order chi connectivity index (χ0) is 15.6. The van der Waals surface area contributed by atoms with Crippen molar-refractivity contribution in [2.75, 3.05) is 19.7 Å². The quantitative estimate of drug-likeness (QED) is 0.849. The maximum Gasteiger partial charge on any atom is 0.410 e. The smallest absolute Gasteiger partial charge is 0.410 e. The van der Waals surface area contributed by atoms with Crippen LogP contribution in [0.4, 0.5) is 4.79 Å². The summed E-state index contributed by atoms with van der Waals surface area (Å²) in [5.41, 5.74) is 0.592. The van der Waals surface area contributed by atoms with Crippen molar-refractivity contribution in [3.8, 4) is 0 Å². The number of carbonyl (C=O) groups excluding carboxylic acids is 1. The summed E-state index contributed by atoms with van der Waals surface area (Å²) in [6.45, 7) is 7.15. The maximum atomic E-state index is 12.2. The first kappa shape index (κ1) is 15.8. The van der Waals surface area contributed by atoms with Gasteiger partial charge in [-0.05, 0) is 26.3 Å². The SMILES string of the molecule is Cn1cc(C2CN(C(=O)OC(C)(C)C)CC2CON)cn1. The van der Waals surface area contributed by atoms with E-state index in [0.29, 0.717) is 19.7 Å². The van der Waals surface area contributed by atoms with E-state index in [0.717, 1.165) is 5.56 Å². The highest BCUT2D eigenvalue weighted by Crippen LogP contribution is 2.33. The first-order valence-corrected chi connectivity index (χ1v) is 7.08. The number of carbonyl (C=O) groups is 1. The van der Waals surface area contributed by atoms with Crippen LogP contribution in [0.3, 0.4) is 0 Å². The maximum absolute atomic E-state index is 12.2. The average molecular weight is 296 g/mol. The van der Waals surface area contributed by atoms with Gasteiger partial charge in [0.2, 0.25) is 0 Å². The van der Waals surface area contributed by atoms with E-state index in [-0.39, 0.29) is 17.9 Å². The van der Waals surface area contributed by atoms with Gasteiger partial charge in [-0.1, -0.05) is 0 Å². The molecule has 0 spiro atoms. The van der Waals surface area contributed by atoms with Crippen molar-refractivity contribution in [1.29, 1.82) is 0 Å². The number of ether oxygens (including phenoxy) is 1. The molecule has 0 bridgehead atoms. The van der Waals surface area contributed by atoms with Crippen LogP contribution in [0.25, 0.3) is 0 Å². The number of amides is 1. The van der Waals surface area contributed by atoms with Gasteiger partial charge in [0.25, 0.3) is 0 Å². The van der Waals surface area contributed by atoms with Gasteiger partial charge in [-0.15, -0.1) is 0 Å². The number of nitrogens with two attached hydrogens (primary N) is 1. The highest BCUT2D eigenvalue weighted by atomic mass is 16.6. The van der Waals surface area contributed by atoms with Gasteiger partial charge in [0.15, 0.2) is 0 Å². The van der Waals surface area contributed by atoms with Gasteiger partial charge in [-0.2, -0.15) is 5.10 Å². The molecule has 0 radical (unpaired) electrons. The van der Waals surface area contributed by atoms with Crippen LogP contribution >= 0.6 is 0 Å². The normalized spacial score (nSPS) is 22.6. The summed E-state index contributed by atoms with van der Waals surface area (Å²) < 4.78 is 7.19. The highest BCUT2D eigenvalue weighted by Gasteiger charge is 2.38. The van der Waals surface area contributed by atoms with Crippen molar-refractivity contribution in [2.24, 2.45) is 18.9 Å². The zero-order valence-corrected chi connectivity index (χ0v) is 13.1. The summed E-state index contributed by atoms with van der Waals surface area (Å²) in [5.74, 6) is 5.53. The molecule has 1 saturated heterocycles. The number of nitrogens with zero attached hydrogens (tertiary/aromatic N) is 3. The van der Waals surface area contributed by atoms with E-state index in [1.807, 2.05) is 40.2 Å². The van der Waals surface area contributed by atoms with E-state index < -0.39 is 5.60 Å². The number of aromatic nitrogens is 2. The molecule has 7 nitrogen and oxygen atoms in total. The van der Waals surface area contributed by atoms with Crippen LogP contribution in [-0.4, -0.2) is 46.1 Å². The number of hydrogen-bond donors (Lipinski definition) is 1. The summed E-state index contributed by atoms with van der Waals surface area (Å²) in [4.78, 5) is 18.7. The summed E-state index contributed by atoms with van der Waals surface area (Å²) in [5, 5.41) is 4.19. The molecule has 2 rings (SSSR count). The first-order valence-electron chi connectivity index (χ1n) is 7.08. The number of rotatable bonds is 3. The molecule has 2 heterocycles. The number of hydrogen-bond acceptors (Lipinski definition) is 5. The molecule has 1 amide bonds. The lowest BCUT2D eigenvalue weighted by molar-refractivity contribution is 0.0274. The Hall–Kier alpha value is -1.60. The molecule has 21 heavy (non-hydrogen) atoms. The fraction of sp³-hybridized carbons (Fsp3) is 0.714. The summed E-state index contributed by atoms with van der Waals surface area (Å²) in [7, 11) is 1.87. The van der Waals surface area contributed by atoms with Gasteiger partial charge >= 0.3 is 6.09 Å². The third-order valence-corrected chi connectivity index (χ3v) is 3.56.